The van der Waals surface area contributed by atoms with Gasteiger partial charge in [0.25, 0.3) is 0 Å². The molecule has 0 saturated carbocycles. The van der Waals surface area contributed by atoms with Gasteiger partial charge in [-0.15, -0.1) is 0 Å². The van der Waals surface area contributed by atoms with Gasteiger partial charge < -0.3 is 9.15 Å². The summed E-state index contributed by atoms with van der Waals surface area (Å²) in [7, 11) is 0. The van der Waals surface area contributed by atoms with Gasteiger partial charge in [-0.1, -0.05) is 12.1 Å². The van der Waals surface area contributed by atoms with Crippen molar-refractivity contribution in [1.29, 1.82) is 0 Å². The number of benzene rings is 1. The molecule has 0 unspecified atom stereocenters. The molecule has 0 amide bonds. The van der Waals surface area contributed by atoms with Gasteiger partial charge in [0, 0.05) is 0 Å². The van der Waals surface area contributed by atoms with Crippen molar-refractivity contribution in [2.24, 2.45) is 0 Å². The molecule has 0 spiro atoms. The number of esters is 1. The van der Waals surface area contributed by atoms with Gasteiger partial charge in [-0.3, -0.25) is 9.59 Å². The molecule has 5 heteroatoms. The molecule has 0 radical (unpaired) electrons. The summed E-state index contributed by atoms with van der Waals surface area (Å²) >= 11 is 0. The summed E-state index contributed by atoms with van der Waals surface area (Å²) in [6.45, 7) is 3.03. The van der Waals surface area contributed by atoms with E-state index in [-0.39, 0.29) is 23.2 Å². The number of hydrogen-bond donors (Lipinski definition) is 0. The molecule has 0 aliphatic rings. The Balaban J connectivity index is 2.57. The molecule has 0 N–H and O–H groups in total. The molecule has 0 aliphatic heterocycles. The van der Waals surface area contributed by atoms with Gasteiger partial charge in [-0.25, -0.2) is 4.79 Å². The molecule has 0 fully saturated rings. The molecule has 2 rings (SSSR count). The van der Waals surface area contributed by atoms with E-state index in [1.54, 1.807) is 31.2 Å². The number of carbonyl (C=O) groups is 2. The lowest BCUT2D eigenvalue weighted by Gasteiger charge is -2.04. The van der Waals surface area contributed by atoms with E-state index < -0.39 is 11.8 Å². The Morgan fingerprint density at radius 2 is 2.00 bits per heavy atom. The first-order valence-electron chi connectivity index (χ1n) is 6.45. The molecule has 0 atom stereocenters. The van der Waals surface area contributed by atoms with Crippen molar-refractivity contribution in [2.45, 2.75) is 13.8 Å². The third kappa shape index (κ3) is 3.08. The van der Waals surface area contributed by atoms with Gasteiger partial charge >= 0.3 is 5.97 Å². The predicted molar refractivity (Wildman–Crippen MR) is 77.8 cm³/mol. The van der Waals surface area contributed by atoms with Crippen LogP contribution in [0.2, 0.25) is 0 Å². The summed E-state index contributed by atoms with van der Waals surface area (Å²) in [6, 6.07) is 6.75. The molecule has 108 valence electrons. The molecule has 1 aromatic carbocycles. The van der Waals surface area contributed by atoms with E-state index in [9.17, 15) is 14.4 Å². The zero-order valence-electron chi connectivity index (χ0n) is 11.7. The fraction of sp³-hybridized carbons (Fsp3) is 0.188. The van der Waals surface area contributed by atoms with E-state index in [2.05, 4.69) is 0 Å². The van der Waals surface area contributed by atoms with Crippen LogP contribution in [-0.4, -0.2) is 18.4 Å². The average Bonchev–Trinajstić information content (AvgIpc) is 2.46. The Labute approximate surface area is 120 Å². The third-order valence-electron chi connectivity index (χ3n) is 2.88. The van der Waals surface area contributed by atoms with Crippen molar-refractivity contribution in [3.63, 3.8) is 0 Å². The largest absolute Gasteiger partial charge is 0.463 e. The molecule has 1 heterocycles. The van der Waals surface area contributed by atoms with Crippen LogP contribution in [0.15, 0.2) is 45.3 Å². The zero-order chi connectivity index (χ0) is 15.4. The van der Waals surface area contributed by atoms with E-state index in [1.807, 2.05) is 0 Å². The van der Waals surface area contributed by atoms with Crippen molar-refractivity contribution >= 4 is 28.8 Å². The van der Waals surface area contributed by atoms with Gasteiger partial charge in [0.1, 0.15) is 17.4 Å². The van der Waals surface area contributed by atoms with Gasteiger partial charge in [0.05, 0.1) is 17.6 Å². The fourth-order valence-electron chi connectivity index (χ4n) is 1.86. The Morgan fingerprint density at radius 1 is 1.29 bits per heavy atom. The van der Waals surface area contributed by atoms with E-state index in [0.29, 0.717) is 11.0 Å². The Bertz CT molecular complexity index is 783. The van der Waals surface area contributed by atoms with Crippen molar-refractivity contribution in [3.8, 4) is 0 Å². The highest BCUT2D eigenvalue weighted by atomic mass is 16.5. The molecule has 1 aromatic heterocycles. The number of Topliss-reactive ketones (excluding diaryl/α,β-unsaturated/α-hetero) is 1. The average molecular weight is 286 g/mol. The molecule has 2 aromatic rings. The molecule has 0 aliphatic carbocycles. The zero-order valence-corrected chi connectivity index (χ0v) is 11.7. The van der Waals surface area contributed by atoms with Crippen molar-refractivity contribution < 1.29 is 18.7 Å². The highest BCUT2D eigenvalue weighted by Gasteiger charge is 2.17. The van der Waals surface area contributed by atoms with Crippen LogP contribution in [0, 0.1) is 0 Å². The highest BCUT2D eigenvalue weighted by Crippen LogP contribution is 2.13. The lowest BCUT2D eigenvalue weighted by Crippen LogP contribution is -2.15. The molecule has 5 nitrogen and oxygen atoms in total. The number of carbonyl (C=O) groups excluding carboxylic acids is 2. The third-order valence-corrected chi connectivity index (χ3v) is 2.88. The lowest BCUT2D eigenvalue weighted by molar-refractivity contribution is -0.139. The van der Waals surface area contributed by atoms with Crippen LogP contribution >= 0.6 is 0 Å². The van der Waals surface area contributed by atoms with Crippen LogP contribution < -0.4 is 5.43 Å². The second-order valence-electron chi connectivity index (χ2n) is 4.35. The minimum absolute atomic E-state index is 0.131. The molecule has 21 heavy (non-hydrogen) atoms. The van der Waals surface area contributed by atoms with Crippen molar-refractivity contribution in [1.82, 2.24) is 0 Å². The first-order chi connectivity index (χ1) is 10.0. The maximum absolute atomic E-state index is 12.3. The SMILES string of the molecule is CCOC(=O)/C(=C/c1coc2ccccc2c1=O)C(C)=O. The highest BCUT2D eigenvalue weighted by molar-refractivity contribution is 6.19. The summed E-state index contributed by atoms with van der Waals surface area (Å²) in [5.74, 6) is -1.22. The Morgan fingerprint density at radius 3 is 2.67 bits per heavy atom. The van der Waals surface area contributed by atoms with E-state index >= 15 is 0 Å². The van der Waals surface area contributed by atoms with Gasteiger partial charge in [0.15, 0.2) is 11.2 Å². The maximum Gasteiger partial charge on any atom is 0.341 e. The standard InChI is InChI=1S/C16H14O5/c1-3-20-16(19)13(10(2)17)8-11-9-21-14-7-5-4-6-12(14)15(11)18/h4-9H,3H2,1-2H3/b13-8+. The van der Waals surface area contributed by atoms with Gasteiger partial charge in [-0.2, -0.15) is 0 Å². The predicted octanol–water partition coefficient (Wildman–Crippen LogP) is 2.33. The molecular weight excluding hydrogens is 272 g/mol. The normalized spacial score (nSPS) is 11.4. The summed E-state index contributed by atoms with van der Waals surface area (Å²) in [5, 5.41) is 0.387. The minimum Gasteiger partial charge on any atom is -0.463 e. The van der Waals surface area contributed by atoms with Crippen molar-refractivity contribution in [3.05, 3.63) is 51.9 Å². The number of ketones is 1. The second-order valence-corrected chi connectivity index (χ2v) is 4.35. The van der Waals surface area contributed by atoms with Gasteiger partial charge in [0.2, 0.25) is 0 Å². The fourth-order valence-corrected chi connectivity index (χ4v) is 1.86. The first-order valence-corrected chi connectivity index (χ1v) is 6.45. The number of para-hydroxylation sites is 1. The smallest absolute Gasteiger partial charge is 0.341 e. The van der Waals surface area contributed by atoms with Crippen molar-refractivity contribution in [2.75, 3.05) is 6.61 Å². The molecule has 0 saturated heterocycles. The van der Waals surface area contributed by atoms with Crippen LogP contribution in [0.4, 0.5) is 0 Å². The quantitative estimate of drug-likeness (QED) is 0.373. The van der Waals surface area contributed by atoms with Crippen LogP contribution in [0.25, 0.3) is 17.0 Å². The van der Waals surface area contributed by atoms with Crippen LogP contribution in [0.1, 0.15) is 19.4 Å². The second kappa shape index (κ2) is 6.17. The number of ether oxygens (including phenoxy) is 1. The number of hydrogen-bond acceptors (Lipinski definition) is 5. The topological polar surface area (TPSA) is 73.6 Å². The molecular formula is C16H14O5. The van der Waals surface area contributed by atoms with Crippen LogP contribution in [0.5, 0.6) is 0 Å². The summed E-state index contributed by atoms with van der Waals surface area (Å²) in [4.78, 5) is 35.6. The lowest BCUT2D eigenvalue weighted by atomic mass is 10.1. The van der Waals surface area contributed by atoms with Gasteiger partial charge in [-0.05, 0) is 32.1 Å². The van der Waals surface area contributed by atoms with Crippen LogP contribution in [0.3, 0.4) is 0 Å². The van der Waals surface area contributed by atoms with Crippen LogP contribution in [-0.2, 0) is 14.3 Å². The van der Waals surface area contributed by atoms with E-state index in [4.69, 9.17) is 9.15 Å². The minimum atomic E-state index is -0.752. The van der Waals surface area contributed by atoms with E-state index in [1.165, 1.54) is 19.3 Å². The Kier molecular flexibility index (Phi) is 4.33. The molecule has 0 bridgehead atoms. The Hall–Kier alpha value is -2.69. The maximum atomic E-state index is 12.3. The number of rotatable bonds is 4. The monoisotopic (exact) mass is 286 g/mol. The summed E-state index contributed by atoms with van der Waals surface area (Å²) < 4.78 is 10.1. The summed E-state index contributed by atoms with van der Waals surface area (Å²) in [5.41, 5.74) is 0.0893. The summed E-state index contributed by atoms with van der Waals surface area (Å²) in [6.07, 6.45) is 2.44. The van der Waals surface area contributed by atoms with E-state index in [0.717, 1.165) is 0 Å². The number of fused-ring (bicyclic) bond motifs is 1. The first kappa shape index (κ1) is 14.7.